The van der Waals surface area contributed by atoms with Gasteiger partial charge in [0.1, 0.15) is 5.75 Å². The van der Waals surface area contributed by atoms with E-state index in [9.17, 15) is 10.1 Å². The van der Waals surface area contributed by atoms with Crippen LogP contribution in [-0.4, -0.2) is 5.97 Å². The van der Waals surface area contributed by atoms with Gasteiger partial charge in [-0.05, 0) is 62.6 Å². The van der Waals surface area contributed by atoms with Gasteiger partial charge < -0.3 is 4.74 Å². The molecule has 0 atom stereocenters. The lowest BCUT2D eigenvalue weighted by Gasteiger charge is -2.34. The van der Waals surface area contributed by atoms with Gasteiger partial charge in [-0.2, -0.15) is 5.26 Å². The summed E-state index contributed by atoms with van der Waals surface area (Å²) in [6.07, 6.45) is 13.8. The van der Waals surface area contributed by atoms with Crippen LogP contribution in [0.1, 0.15) is 96.5 Å². The average molecular weight is 384 g/mol. The monoisotopic (exact) mass is 383 g/mol. The molecular weight excluding hydrogens is 346 g/mol. The SMILES string of the molecule is CCCCCCC[C@]1(C#N)CC[C@H](C(=O)Oc2ccc(CCCC)cc2)CC1. The van der Waals surface area contributed by atoms with Crippen LogP contribution < -0.4 is 4.74 Å². The van der Waals surface area contributed by atoms with E-state index >= 15 is 0 Å². The van der Waals surface area contributed by atoms with Gasteiger partial charge in [0.25, 0.3) is 0 Å². The number of esters is 1. The van der Waals surface area contributed by atoms with Gasteiger partial charge in [0.2, 0.25) is 0 Å². The molecular formula is C25H37NO2. The molecule has 0 spiro atoms. The number of nitrogens with zero attached hydrogens (tertiary/aromatic N) is 1. The first-order chi connectivity index (χ1) is 13.6. The van der Waals surface area contributed by atoms with Gasteiger partial charge in [-0.25, -0.2) is 0 Å². The molecule has 1 aliphatic carbocycles. The van der Waals surface area contributed by atoms with E-state index in [-0.39, 0.29) is 17.3 Å². The van der Waals surface area contributed by atoms with Gasteiger partial charge in [-0.1, -0.05) is 64.5 Å². The van der Waals surface area contributed by atoms with Crippen molar-refractivity contribution in [3.63, 3.8) is 0 Å². The largest absolute Gasteiger partial charge is 0.426 e. The Hall–Kier alpha value is -1.82. The summed E-state index contributed by atoms with van der Waals surface area (Å²) in [7, 11) is 0. The van der Waals surface area contributed by atoms with E-state index in [1.807, 2.05) is 12.1 Å². The molecule has 1 aromatic rings. The molecule has 0 amide bonds. The van der Waals surface area contributed by atoms with Gasteiger partial charge in [0.15, 0.2) is 0 Å². The lowest BCUT2D eigenvalue weighted by molar-refractivity contribution is -0.140. The Morgan fingerprint density at radius 3 is 2.29 bits per heavy atom. The van der Waals surface area contributed by atoms with Gasteiger partial charge >= 0.3 is 5.97 Å². The number of benzene rings is 1. The molecule has 28 heavy (non-hydrogen) atoms. The summed E-state index contributed by atoms with van der Waals surface area (Å²) in [6.45, 7) is 4.41. The molecule has 0 radical (unpaired) electrons. The Kier molecular flexibility index (Phi) is 9.55. The lowest BCUT2D eigenvalue weighted by Crippen LogP contribution is -2.31. The molecule has 0 heterocycles. The molecule has 0 saturated heterocycles. The van der Waals surface area contributed by atoms with Crippen LogP contribution >= 0.6 is 0 Å². The molecule has 3 nitrogen and oxygen atoms in total. The predicted octanol–water partition coefficient (Wildman–Crippen LogP) is 7.00. The van der Waals surface area contributed by atoms with E-state index < -0.39 is 0 Å². The molecule has 154 valence electrons. The highest BCUT2D eigenvalue weighted by molar-refractivity contribution is 5.75. The highest BCUT2D eigenvalue weighted by Crippen LogP contribution is 2.42. The fourth-order valence-corrected chi connectivity index (χ4v) is 4.20. The summed E-state index contributed by atoms with van der Waals surface area (Å²) in [4.78, 5) is 12.6. The summed E-state index contributed by atoms with van der Waals surface area (Å²) in [5.74, 6) is 0.440. The van der Waals surface area contributed by atoms with Crippen LogP contribution in [0.15, 0.2) is 24.3 Å². The van der Waals surface area contributed by atoms with Crippen LogP contribution in [0.5, 0.6) is 5.75 Å². The maximum Gasteiger partial charge on any atom is 0.314 e. The van der Waals surface area contributed by atoms with Crippen molar-refractivity contribution in [3.05, 3.63) is 29.8 Å². The van der Waals surface area contributed by atoms with Crippen LogP contribution in [0.3, 0.4) is 0 Å². The minimum absolute atomic E-state index is 0.0682. The van der Waals surface area contributed by atoms with Crippen molar-refractivity contribution in [1.29, 1.82) is 5.26 Å². The number of nitriles is 1. The number of unbranched alkanes of at least 4 members (excludes halogenated alkanes) is 5. The van der Waals surface area contributed by atoms with Crippen LogP contribution in [0.4, 0.5) is 0 Å². The molecule has 1 saturated carbocycles. The molecule has 0 unspecified atom stereocenters. The van der Waals surface area contributed by atoms with Crippen LogP contribution in [0.2, 0.25) is 0 Å². The third-order valence-electron chi connectivity index (χ3n) is 6.23. The second-order valence-electron chi connectivity index (χ2n) is 8.50. The van der Waals surface area contributed by atoms with Gasteiger partial charge in [-0.15, -0.1) is 0 Å². The maximum atomic E-state index is 12.6. The van der Waals surface area contributed by atoms with Crippen LogP contribution in [0, 0.1) is 22.7 Å². The molecule has 1 aromatic carbocycles. The molecule has 0 aromatic heterocycles. The standard InChI is InChI=1S/C25H37NO2/c1-3-5-7-8-9-17-25(20-26)18-15-22(16-19-25)24(27)28-23-13-11-21(12-14-23)10-6-4-2/h11-14,22H,3-10,15-19H2,1-2H3/t22-,25-. The number of aryl methyl sites for hydroxylation is 1. The number of rotatable bonds is 11. The quantitative estimate of drug-likeness (QED) is 0.235. The van der Waals surface area contributed by atoms with E-state index in [0.29, 0.717) is 5.75 Å². The molecule has 2 rings (SSSR count). The topological polar surface area (TPSA) is 50.1 Å². The average Bonchev–Trinajstić information content (AvgIpc) is 2.73. The third-order valence-corrected chi connectivity index (χ3v) is 6.23. The van der Waals surface area contributed by atoms with E-state index in [1.165, 1.54) is 44.1 Å². The third kappa shape index (κ3) is 6.97. The zero-order chi connectivity index (χ0) is 20.2. The fourth-order valence-electron chi connectivity index (χ4n) is 4.20. The highest BCUT2D eigenvalue weighted by Gasteiger charge is 2.37. The molecule has 0 aliphatic heterocycles. The van der Waals surface area contributed by atoms with Crippen LogP contribution in [-0.2, 0) is 11.2 Å². The molecule has 3 heteroatoms. The second kappa shape index (κ2) is 11.9. The van der Waals surface area contributed by atoms with Crippen molar-refractivity contribution >= 4 is 5.97 Å². The van der Waals surface area contributed by atoms with E-state index in [2.05, 4.69) is 32.0 Å². The lowest BCUT2D eigenvalue weighted by atomic mass is 9.69. The van der Waals surface area contributed by atoms with Gasteiger partial charge in [-0.3, -0.25) is 4.79 Å². The summed E-state index contributed by atoms with van der Waals surface area (Å²) in [6, 6.07) is 10.5. The number of carbonyl (C=O) groups excluding carboxylic acids is 1. The van der Waals surface area contributed by atoms with Crippen molar-refractivity contribution in [1.82, 2.24) is 0 Å². The van der Waals surface area contributed by atoms with Crippen LogP contribution in [0.25, 0.3) is 0 Å². The molecule has 1 aliphatic rings. The normalized spacial score (nSPS) is 21.8. The zero-order valence-electron chi connectivity index (χ0n) is 17.8. The van der Waals surface area contributed by atoms with Crippen molar-refractivity contribution < 1.29 is 9.53 Å². The Morgan fingerprint density at radius 1 is 1.04 bits per heavy atom. The molecule has 0 N–H and O–H groups in total. The highest BCUT2D eigenvalue weighted by atomic mass is 16.5. The van der Waals surface area contributed by atoms with Gasteiger partial charge in [0.05, 0.1) is 17.4 Å². The van der Waals surface area contributed by atoms with Crippen molar-refractivity contribution in [2.45, 2.75) is 97.3 Å². The fraction of sp³-hybridized carbons (Fsp3) is 0.680. The smallest absolute Gasteiger partial charge is 0.314 e. The summed E-state index contributed by atoms with van der Waals surface area (Å²) in [5, 5.41) is 9.73. The maximum absolute atomic E-state index is 12.6. The summed E-state index contributed by atoms with van der Waals surface area (Å²) >= 11 is 0. The number of ether oxygens (including phenoxy) is 1. The number of carbonyl (C=O) groups is 1. The Balaban J connectivity index is 1.78. The minimum Gasteiger partial charge on any atom is -0.426 e. The Bertz CT molecular complexity index is 621. The van der Waals surface area contributed by atoms with Crippen molar-refractivity contribution in [2.24, 2.45) is 11.3 Å². The predicted molar refractivity (Wildman–Crippen MR) is 114 cm³/mol. The first-order valence-corrected chi connectivity index (χ1v) is 11.3. The first-order valence-electron chi connectivity index (χ1n) is 11.3. The van der Waals surface area contributed by atoms with Crippen molar-refractivity contribution in [3.8, 4) is 11.8 Å². The number of hydrogen-bond donors (Lipinski definition) is 0. The first kappa shape index (κ1) is 22.5. The Labute approximate surface area is 171 Å². The molecule has 1 fully saturated rings. The number of hydrogen-bond acceptors (Lipinski definition) is 3. The molecule has 0 bridgehead atoms. The summed E-state index contributed by atoms with van der Waals surface area (Å²) in [5.41, 5.74) is 1.07. The Morgan fingerprint density at radius 2 is 1.68 bits per heavy atom. The minimum atomic E-state index is -0.218. The van der Waals surface area contributed by atoms with Crippen molar-refractivity contribution in [2.75, 3.05) is 0 Å². The van der Waals surface area contributed by atoms with Gasteiger partial charge in [0, 0.05) is 0 Å². The summed E-state index contributed by atoms with van der Waals surface area (Å²) < 4.78 is 5.62. The van der Waals surface area contributed by atoms with E-state index in [1.54, 1.807) is 0 Å². The zero-order valence-corrected chi connectivity index (χ0v) is 17.8. The second-order valence-corrected chi connectivity index (χ2v) is 8.50. The van der Waals surface area contributed by atoms with E-state index in [0.717, 1.165) is 44.9 Å². The van der Waals surface area contributed by atoms with E-state index in [4.69, 9.17) is 4.74 Å².